The number of nitrogens with one attached hydrogen (secondary N) is 2. The van der Waals surface area contributed by atoms with E-state index in [9.17, 15) is 9.59 Å². The first-order valence-electron chi connectivity index (χ1n) is 7.70. The van der Waals surface area contributed by atoms with Gasteiger partial charge in [-0.1, -0.05) is 0 Å². The monoisotopic (exact) mass is 307 g/mol. The molecular formula is C15H21N3O4. The Kier molecular flexibility index (Phi) is 4.44. The molecule has 0 aromatic carbocycles. The third-order valence-corrected chi connectivity index (χ3v) is 4.15. The van der Waals surface area contributed by atoms with Crippen LogP contribution in [0.2, 0.25) is 0 Å². The van der Waals surface area contributed by atoms with Crippen LogP contribution in [0.3, 0.4) is 0 Å². The molecule has 7 nitrogen and oxygen atoms in total. The minimum atomic E-state index is -0.774. The number of Topliss-reactive ketones (excluding diaryl/α,β-unsaturated/α-hetero) is 1. The van der Waals surface area contributed by atoms with Crippen LogP contribution in [0.15, 0.2) is 12.3 Å². The molecule has 2 aliphatic heterocycles. The van der Waals surface area contributed by atoms with Crippen LogP contribution in [0, 0.1) is 0 Å². The van der Waals surface area contributed by atoms with Crippen molar-refractivity contribution in [2.24, 2.45) is 0 Å². The summed E-state index contributed by atoms with van der Waals surface area (Å²) in [6, 6.07) is 1.80. The summed E-state index contributed by atoms with van der Waals surface area (Å²) in [5.41, 5.74) is 1.09. The van der Waals surface area contributed by atoms with Gasteiger partial charge in [-0.2, -0.15) is 0 Å². The summed E-state index contributed by atoms with van der Waals surface area (Å²) in [7, 11) is 0. The van der Waals surface area contributed by atoms with E-state index in [2.05, 4.69) is 15.2 Å². The highest BCUT2D eigenvalue weighted by Gasteiger charge is 2.36. The van der Waals surface area contributed by atoms with E-state index >= 15 is 0 Å². The van der Waals surface area contributed by atoms with E-state index in [0.717, 1.165) is 11.4 Å². The largest absolute Gasteiger partial charge is 0.492 e. The maximum atomic E-state index is 11.9. The lowest BCUT2D eigenvalue weighted by molar-refractivity contribution is -0.137. The predicted molar refractivity (Wildman–Crippen MR) is 78.7 cm³/mol. The zero-order valence-corrected chi connectivity index (χ0v) is 12.4. The number of hydrogen-bond donors (Lipinski definition) is 3. The number of ketones is 1. The average molecular weight is 307 g/mol. The summed E-state index contributed by atoms with van der Waals surface area (Å²) in [5.74, 6) is 0.247. The summed E-state index contributed by atoms with van der Waals surface area (Å²) in [5, 5.41) is 15.2. The molecule has 1 saturated heterocycles. The van der Waals surface area contributed by atoms with E-state index < -0.39 is 5.97 Å². The number of ether oxygens (including phenoxy) is 1. The molecule has 7 heteroatoms. The summed E-state index contributed by atoms with van der Waals surface area (Å²) in [6.07, 6.45) is 3.96. The van der Waals surface area contributed by atoms with Gasteiger partial charge in [-0.25, -0.2) is 0 Å². The van der Waals surface area contributed by atoms with Crippen molar-refractivity contribution in [3.05, 3.63) is 18.0 Å². The Labute approximate surface area is 128 Å². The number of rotatable bonds is 6. The third kappa shape index (κ3) is 3.15. The van der Waals surface area contributed by atoms with Crippen LogP contribution in [0.5, 0.6) is 5.75 Å². The van der Waals surface area contributed by atoms with E-state index in [-0.39, 0.29) is 24.4 Å². The predicted octanol–water partition coefficient (Wildman–Crippen LogP) is 0.655. The number of carboxylic acids is 1. The molecule has 3 heterocycles. The van der Waals surface area contributed by atoms with E-state index in [4.69, 9.17) is 9.84 Å². The van der Waals surface area contributed by atoms with Crippen molar-refractivity contribution in [3.8, 4) is 5.75 Å². The second-order valence-corrected chi connectivity index (χ2v) is 5.75. The van der Waals surface area contributed by atoms with E-state index in [1.807, 2.05) is 12.3 Å². The lowest BCUT2D eigenvalue weighted by Gasteiger charge is -2.37. The van der Waals surface area contributed by atoms with Gasteiger partial charge in [-0.3, -0.25) is 20.2 Å². The number of aliphatic carboxylic acids is 1. The smallest absolute Gasteiger partial charge is 0.303 e. The molecule has 120 valence electrons. The highest BCUT2D eigenvalue weighted by Crippen LogP contribution is 2.27. The molecule has 3 rings (SSSR count). The molecule has 2 atom stereocenters. The van der Waals surface area contributed by atoms with Crippen molar-refractivity contribution in [1.82, 2.24) is 15.2 Å². The minimum Gasteiger partial charge on any atom is -0.492 e. The maximum Gasteiger partial charge on any atom is 0.303 e. The van der Waals surface area contributed by atoms with Crippen molar-refractivity contribution in [1.29, 1.82) is 0 Å². The van der Waals surface area contributed by atoms with Crippen molar-refractivity contribution in [2.45, 2.75) is 44.4 Å². The van der Waals surface area contributed by atoms with Crippen molar-refractivity contribution in [3.63, 3.8) is 0 Å². The van der Waals surface area contributed by atoms with Crippen LogP contribution in [-0.4, -0.2) is 40.6 Å². The topological polar surface area (TPSA) is 92.6 Å². The Bertz CT molecular complexity index is 569. The van der Waals surface area contributed by atoms with Crippen LogP contribution >= 0.6 is 0 Å². The van der Waals surface area contributed by atoms with Gasteiger partial charge >= 0.3 is 5.97 Å². The number of unbranched alkanes of at least 4 members (excludes halogenated alkanes) is 1. The second kappa shape index (κ2) is 6.50. The first-order valence-corrected chi connectivity index (χ1v) is 7.70. The van der Waals surface area contributed by atoms with Gasteiger partial charge in [0.05, 0.1) is 6.61 Å². The summed E-state index contributed by atoms with van der Waals surface area (Å²) >= 11 is 0. The maximum absolute atomic E-state index is 11.9. The number of hydrogen-bond acceptors (Lipinski definition) is 5. The van der Waals surface area contributed by atoms with E-state index in [1.165, 1.54) is 0 Å². The molecule has 0 spiro atoms. The Hall–Kier alpha value is -1.86. The molecule has 3 N–H and O–H groups in total. The fraction of sp³-hybridized carbons (Fsp3) is 0.600. The highest BCUT2D eigenvalue weighted by molar-refractivity contribution is 5.85. The quantitative estimate of drug-likeness (QED) is 0.669. The molecular weight excluding hydrogens is 286 g/mol. The molecule has 22 heavy (non-hydrogen) atoms. The van der Waals surface area contributed by atoms with Crippen molar-refractivity contribution < 1.29 is 19.4 Å². The Morgan fingerprint density at radius 1 is 1.41 bits per heavy atom. The number of carboxylic acid groups (broad SMARTS) is 1. The molecule has 0 amide bonds. The molecule has 0 radical (unpaired) electrons. The van der Waals surface area contributed by atoms with Crippen molar-refractivity contribution in [2.75, 3.05) is 13.2 Å². The number of fused-ring (bicyclic) bond motifs is 3. The van der Waals surface area contributed by atoms with E-state index in [1.54, 1.807) is 0 Å². The Morgan fingerprint density at radius 3 is 3.09 bits per heavy atom. The molecule has 0 bridgehead atoms. The van der Waals surface area contributed by atoms with Gasteiger partial charge in [0, 0.05) is 43.9 Å². The molecule has 0 saturated carbocycles. The van der Waals surface area contributed by atoms with Gasteiger partial charge in [0.1, 0.15) is 18.0 Å². The third-order valence-electron chi connectivity index (χ3n) is 4.15. The Balaban J connectivity index is 1.58. The fourth-order valence-electron chi connectivity index (χ4n) is 3.04. The standard InChI is InChI=1S/C15H21N3O4/c19-12-4-5-16-15-14(12)17-8-10-7-11(9-18(10)15)22-6-2-1-3-13(20)21/h7,9,14-17H,1-6,8H2,(H,20,21). The number of aromatic nitrogens is 1. The first-order chi connectivity index (χ1) is 10.6. The number of carbonyl (C=O) groups is 2. The van der Waals surface area contributed by atoms with Crippen LogP contribution < -0.4 is 15.4 Å². The summed E-state index contributed by atoms with van der Waals surface area (Å²) < 4.78 is 7.77. The van der Waals surface area contributed by atoms with Gasteiger partial charge in [0.15, 0.2) is 5.78 Å². The average Bonchev–Trinajstić information content (AvgIpc) is 2.90. The zero-order chi connectivity index (χ0) is 15.5. The van der Waals surface area contributed by atoms with Gasteiger partial charge in [0.2, 0.25) is 0 Å². The molecule has 1 aromatic rings. The van der Waals surface area contributed by atoms with Gasteiger partial charge in [-0.05, 0) is 12.8 Å². The molecule has 0 aliphatic carbocycles. The molecule has 2 aliphatic rings. The van der Waals surface area contributed by atoms with Crippen LogP contribution in [0.25, 0.3) is 0 Å². The zero-order valence-electron chi connectivity index (χ0n) is 12.4. The Morgan fingerprint density at radius 2 is 2.27 bits per heavy atom. The van der Waals surface area contributed by atoms with Crippen LogP contribution in [0.1, 0.15) is 37.5 Å². The van der Waals surface area contributed by atoms with Crippen LogP contribution in [0.4, 0.5) is 0 Å². The van der Waals surface area contributed by atoms with Crippen LogP contribution in [-0.2, 0) is 16.1 Å². The molecule has 2 unspecified atom stereocenters. The second-order valence-electron chi connectivity index (χ2n) is 5.75. The summed E-state index contributed by atoms with van der Waals surface area (Å²) in [4.78, 5) is 22.4. The lowest BCUT2D eigenvalue weighted by Crippen LogP contribution is -2.56. The van der Waals surface area contributed by atoms with Gasteiger partial charge < -0.3 is 14.4 Å². The number of piperidine rings is 1. The highest BCUT2D eigenvalue weighted by atomic mass is 16.5. The van der Waals surface area contributed by atoms with Crippen molar-refractivity contribution >= 4 is 11.8 Å². The number of nitrogens with zero attached hydrogens (tertiary/aromatic N) is 1. The van der Waals surface area contributed by atoms with E-state index in [0.29, 0.717) is 39.0 Å². The molecule has 1 aromatic heterocycles. The lowest BCUT2D eigenvalue weighted by atomic mass is 10.0. The van der Waals surface area contributed by atoms with Gasteiger partial charge in [-0.15, -0.1) is 0 Å². The number of carbonyl (C=O) groups excluding carboxylic acids is 1. The van der Waals surface area contributed by atoms with Gasteiger partial charge in [0.25, 0.3) is 0 Å². The normalized spacial score (nSPS) is 23.7. The summed E-state index contributed by atoms with van der Waals surface area (Å²) in [6.45, 7) is 1.85. The molecule has 1 fully saturated rings. The fourth-order valence-corrected chi connectivity index (χ4v) is 3.04. The minimum absolute atomic E-state index is 0.0469. The SMILES string of the molecule is O=C(O)CCCCOc1cc2n(c1)C1NCCC(=O)C1NC2. The first kappa shape index (κ1) is 15.1.